The molecule has 2 rings (SSSR count). The average Bonchev–Trinajstić information content (AvgIpc) is 3.23. The van der Waals surface area contributed by atoms with Crippen LogP contribution in [0, 0.1) is 17.2 Å². The van der Waals surface area contributed by atoms with E-state index in [1.165, 1.54) is 7.11 Å². The van der Waals surface area contributed by atoms with Crippen LogP contribution in [0.5, 0.6) is 11.5 Å². The van der Waals surface area contributed by atoms with Crippen molar-refractivity contribution >= 4 is 5.78 Å². The Balaban J connectivity index is 2.39. The van der Waals surface area contributed by atoms with Gasteiger partial charge in [0.1, 0.15) is 17.4 Å². The lowest BCUT2D eigenvalue weighted by Gasteiger charge is -2.14. The number of hydrogen-bond donors (Lipinski definition) is 0. The van der Waals surface area contributed by atoms with Crippen molar-refractivity contribution in [2.45, 2.75) is 18.8 Å². The van der Waals surface area contributed by atoms with E-state index in [9.17, 15) is 10.1 Å². The van der Waals surface area contributed by atoms with Crippen molar-refractivity contribution < 1.29 is 14.3 Å². The summed E-state index contributed by atoms with van der Waals surface area (Å²) in [6, 6.07) is 7.25. The number of ether oxygens (including phenoxy) is 2. The average molecular weight is 245 g/mol. The van der Waals surface area contributed by atoms with Gasteiger partial charge in [0.15, 0.2) is 5.78 Å². The SMILES string of the molecule is COc1ccc(OC)c(C(C#N)C(=O)C2CC2)c1. The molecule has 1 aliphatic carbocycles. The molecule has 1 saturated carbocycles. The third kappa shape index (κ3) is 2.30. The minimum atomic E-state index is -0.762. The largest absolute Gasteiger partial charge is 0.497 e. The van der Waals surface area contributed by atoms with Crippen LogP contribution in [0.2, 0.25) is 0 Å². The molecule has 4 nitrogen and oxygen atoms in total. The van der Waals surface area contributed by atoms with Gasteiger partial charge >= 0.3 is 0 Å². The molecule has 4 heteroatoms. The van der Waals surface area contributed by atoms with Gasteiger partial charge in [0, 0.05) is 11.5 Å². The third-order valence-electron chi connectivity index (χ3n) is 3.14. The Morgan fingerprint density at radius 1 is 1.39 bits per heavy atom. The molecule has 18 heavy (non-hydrogen) atoms. The standard InChI is InChI=1S/C14H15NO3/c1-17-10-5-6-13(18-2)11(7-10)12(8-15)14(16)9-3-4-9/h5-7,9,12H,3-4H2,1-2H3. The van der Waals surface area contributed by atoms with E-state index in [0.717, 1.165) is 12.8 Å². The first-order valence-electron chi connectivity index (χ1n) is 5.86. The zero-order valence-corrected chi connectivity index (χ0v) is 10.5. The summed E-state index contributed by atoms with van der Waals surface area (Å²) >= 11 is 0. The molecule has 1 aromatic rings. The van der Waals surface area contributed by atoms with Crippen LogP contribution in [-0.4, -0.2) is 20.0 Å². The summed E-state index contributed by atoms with van der Waals surface area (Å²) in [5.74, 6) is 0.447. The van der Waals surface area contributed by atoms with E-state index < -0.39 is 5.92 Å². The van der Waals surface area contributed by atoms with Crippen LogP contribution in [0.15, 0.2) is 18.2 Å². The summed E-state index contributed by atoms with van der Waals surface area (Å²) in [5.41, 5.74) is 0.594. The van der Waals surface area contributed by atoms with Crippen molar-refractivity contribution in [3.05, 3.63) is 23.8 Å². The fourth-order valence-electron chi connectivity index (χ4n) is 1.95. The topological polar surface area (TPSA) is 59.3 Å². The molecule has 0 saturated heterocycles. The Labute approximate surface area is 106 Å². The highest BCUT2D eigenvalue weighted by molar-refractivity contribution is 5.92. The molecule has 0 aliphatic heterocycles. The Hall–Kier alpha value is -2.02. The van der Waals surface area contributed by atoms with Crippen molar-refractivity contribution in [3.8, 4) is 17.6 Å². The molecule has 1 aromatic carbocycles. The van der Waals surface area contributed by atoms with E-state index >= 15 is 0 Å². The maximum Gasteiger partial charge on any atom is 0.157 e. The summed E-state index contributed by atoms with van der Waals surface area (Å²) in [6.45, 7) is 0. The number of Topliss-reactive ketones (excluding diaryl/α,β-unsaturated/α-hetero) is 1. The van der Waals surface area contributed by atoms with E-state index in [1.807, 2.05) is 0 Å². The van der Waals surface area contributed by atoms with Crippen molar-refractivity contribution in [1.82, 2.24) is 0 Å². The number of carbonyl (C=O) groups excluding carboxylic acids is 1. The maximum absolute atomic E-state index is 12.1. The third-order valence-corrected chi connectivity index (χ3v) is 3.14. The fraction of sp³-hybridized carbons (Fsp3) is 0.429. The molecule has 0 amide bonds. The van der Waals surface area contributed by atoms with Gasteiger partial charge in [0.25, 0.3) is 0 Å². The Bertz CT molecular complexity index is 500. The van der Waals surface area contributed by atoms with Gasteiger partial charge in [-0.15, -0.1) is 0 Å². The lowest BCUT2D eigenvalue weighted by molar-refractivity contribution is -0.120. The van der Waals surface area contributed by atoms with Crippen molar-refractivity contribution in [3.63, 3.8) is 0 Å². The van der Waals surface area contributed by atoms with Crippen molar-refractivity contribution in [2.75, 3.05) is 14.2 Å². The van der Waals surface area contributed by atoms with E-state index in [2.05, 4.69) is 6.07 Å². The minimum Gasteiger partial charge on any atom is -0.497 e. The van der Waals surface area contributed by atoms with Gasteiger partial charge in [0.05, 0.1) is 20.3 Å². The van der Waals surface area contributed by atoms with Crippen LogP contribution in [0.3, 0.4) is 0 Å². The van der Waals surface area contributed by atoms with Gasteiger partial charge in [-0.1, -0.05) is 0 Å². The molecule has 94 valence electrons. The molecule has 0 spiro atoms. The number of benzene rings is 1. The second-order valence-electron chi connectivity index (χ2n) is 4.35. The van der Waals surface area contributed by atoms with Crippen molar-refractivity contribution in [2.24, 2.45) is 5.92 Å². The molecule has 0 heterocycles. The molecule has 1 aliphatic rings. The summed E-state index contributed by atoms with van der Waals surface area (Å²) in [7, 11) is 3.08. The highest BCUT2D eigenvalue weighted by atomic mass is 16.5. The summed E-state index contributed by atoms with van der Waals surface area (Å²) < 4.78 is 10.3. The number of hydrogen-bond acceptors (Lipinski definition) is 4. The normalized spacial score (nSPS) is 15.6. The van der Waals surface area contributed by atoms with E-state index in [0.29, 0.717) is 17.1 Å². The molecule has 1 fully saturated rings. The molecule has 1 unspecified atom stereocenters. The number of nitrogens with zero attached hydrogens (tertiary/aromatic N) is 1. The van der Waals surface area contributed by atoms with Gasteiger partial charge in [-0.2, -0.15) is 5.26 Å². The van der Waals surface area contributed by atoms with Crippen molar-refractivity contribution in [1.29, 1.82) is 5.26 Å². The van der Waals surface area contributed by atoms with Crippen LogP contribution >= 0.6 is 0 Å². The molecule has 0 aromatic heterocycles. The second kappa shape index (κ2) is 5.09. The molecule has 0 bridgehead atoms. The molecular formula is C14H15NO3. The van der Waals surface area contributed by atoms with E-state index in [-0.39, 0.29) is 11.7 Å². The van der Waals surface area contributed by atoms with Gasteiger partial charge < -0.3 is 9.47 Å². The Morgan fingerprint density at radius 2 is 2.11 bits per heavy atom. The summed E-state index contributed by atoms with van der Waals surface area (Å²) in [5, 5.41) is 9.24. The second-order valence-corrected chi connectivity index (χ2v) is 4.35. The lowest BCUT2D eigenvalue weighted by atomic mass is 9.92. The van der Waals surface area contributed by atoms with Crippen LogP contribution in [-0.2, 0) is 4.79 Å². The lowest BCUT2D eigenvalue weighted by Crippen LogP contribution is -2.13. The highest BCUT2D eigenvalue weighted by Crippen LogP contribution is 2.38. The predicted octanol–water partition coefficient (Wildman–Crippen LogP) is 2.29. The predicted molar refractivity (Wildman–Crippen MR) is 65.6 cm³/mol. The maximum atomic E-state index is 12.1. The number of nitriles is 1. The monoisotopic (exact) mass is 245 g/mol. The summed E-state index contributed by atoms with van der Waals surface area (Å²) in [6.07, 6.45) is 1.78. The smallest absolute Gasteiger partial charge is 0.157 e. The number of rotatable bonds is 5. The van der Waals surface area contributed by atoms with Gasteiger partial charge in [-0.25, -0.2) is 0 Å². The van der Waals surface area contributed by atoms with Gasteiger partial charge in [-0.3, -0.25) is 4.79 Å². The summed E-state index contributed by atoms with van der Waals surface area (Å²) in [4.78, 5) is 12.1. The zero-order chi connectivity index (χ0) is 13.1. The molecule has 1 atom stereocenters. The van der Waals surface area contributed by atoms with E-state index in [1.54, 1.807) is 25.3 Å². The quantitative estimate of drug-likeness (QED) is 0.798. The molecule has 0 N–H and O–H groups in total. The number of ketones is 1. The molecule has 0 radical (unpaired) electrons. The Kier molecular flexibility index (Phi) is 3.52. The highest BCUT2D eigenvalue weighted by Gasteiger charge is 2.36. The Morgan fingerprint density at radius 3 is 2.61 bits per heavy atom. The minimum absolute atomic E-state index is 0.0101. The zero-order valence-electron chi connectivity index (χ0n) is 10.5. The van der Waals surface area contributed by atoms with Crippen LogP contribution in [0.25, 0.3) is 0 Å². The van der Waals surface area contributed by atoms with Crippen LogP contribution in [0.4, 0.5) is 0 Å². The van der Waals surface area contributed by atoms with Crippen LogP contribution < -0.4 is 9.47 Å². The van der Waals surface area contributed by atoms with Gasteiger partial charge in [0.2, 0.25) is 0 Å². The fourth-order valence-corrected chi connectivity index (χ4v) is 1.95. The first-order valence-corrected chi connectivity index (χ1v) is 5.86. The number of carbonyl (C=O) groups is 1. The van der Waals surface area contributed by atoms with Crippen LogP contribution in [0.1, 0.15) is 24.3 Å². The first-order chi connectivity index (χ1) is 8.71. The van der Waals surface area contributed by atoms with E-state index in [4.69, 9.17) is 9.47 Å². The molecular weight excluding hydrogens is 230 g/mol. The first kappa shape index (κ1) is 12.4. The number of methoxy groups -OCH3 is 2. The van der Waals surface area contributed by atoms with Gasteiger partial charge in [-0.05, 0) is 31.0 Å².